The molecule has 1 saturated heterocycles. The van der Waals surface area contributed by atoms with Gasteiger partial charge in [-0.05, 0) is 37.1 Å². The molecule has 0 aliphatic carbocycles. The van der Waals surface area contributed by atoms with Crippen molar-refractivity contribution in [1.29, 1.82) is 0 Å². The number of amides is 2. The highest BCUT2D eigenvalue weighted by atomic mass is 16.3. The highest BCUT2D eigenvalue weighted by Gasteiger charge is 2.35. The lowest BCUT2D eigenvalue weighted by Gasteiger charge is -2.40. The van der Waals surface area contributed by atoms with Gasteiger partial charge in [0.1, 0.15) is 5.76 Å². The van der Waals surface area contributed by atoms with Gasteiger partial charge in [-0.25, -0.2) is 0 Å². The fourth-order valence-corrected chi connectivity index (χ4v) is 3.87. The number of carbonyl (C=O) groups is 2. The normalized spacial score (nSPS) is 18.4. The maximum Gasteiger partial charge on any atom is 0.227 e. The minimum Gasteiger partial charge on any atom is -0.467 e. The molecule has 2 aromatic rings. The first kappa shape index (κ1) is 16.7. The zero-order chi connectivity index (χ0) is 17.9. The maximum atomic E-state index is 12.8. The molecule has 1 N–H and O–H groups in total. The molecule has 1 unspecified atom stereocenters. The molecule has 6 heteroatoms. The topological polar surface area (TPSA) is 65.8 Å². The number of rotatable bonds is 5. The lowest BCUT2D eigenvalue weighted by atomic mass is 10.1. The van der Waals surface area contributed by atoms with Gasteiger partial charge in [0.15, 0.2) is 0 Å². The summed E-state index contributed by atoms with van der Waals surface area (Å²) in [5, 5.41) is 2.79. The standard InChI is InChI=1S/C20H23N3O3/c24-19(21-13-16-6-4-12-26-16)9-10-20(25)23-14-15-5-3-11-22(15)17-7-1-2-8-18(17)23/h1-2,4,6-8,12,15H,3,5,9-11,13-14H2,(H,21,24). The van der Waals surface area contributed by atoms with Crippen molar-refractivity contribution in [3.05, 3.63) is 48.4 Å². The minimum atomic E-state index is -0.137. The van der Waals surface area contributed by atoms with E-state index in [1.165, 1.54) is 0 Å². The Balaban J connectivity index is 1.37. The van der Waals surface area contributed by atoms with Crippen LogP contribution >= 0.6 is 0 Å². The Labute approximate surface area is 152 Å². The number of nitrogens with one attached hydrogen (secondary N) is 1. The zero-order valence-corrected chi connectivity index (χ0v) is 14.7. The molecule has 1 aromatic carbocycles. The number of hydrogen-bond acceptors (Lipinski definition) is 4. The van der Waals surface area contributed by atoms with Crippen molar-refractivity contribution < 1.29 is 14.0 Å². The number of carbonyl (C=O) groups excluding carboxylic acids is 2. The van der Waals surface area contributed by atoms with Gasteiger partial charge in [-0.15, -0.1) is 0 Å². The van der Waals surface area contributed by atoms with E-state index in [1.807, 2.05) is 29.2 Å². The van der Waals surface area contributed by atoms with Gasteiger partial charge in [0.05, 0.1) is 24.2 Å². The van der Waals surface area contributed by atoms with Crippen LogP contribution in [0, 0.1) is 0 Å². The molecule has 136 valence electrons. The molecule has 1 fully saturated rings. The van der Waals surface area contributed by atoms with Gasteiger partial charge >= 0.3 is 0 Å². The second-order valence-electron chi connectivity index (χ2n) is 6.84. The van der Waals surface area contributed by atoms with Crippen molar-refractivity contribution in [3.8, 4) is 0 Å². The Morgan fingerprint density at radius 1 is 1.12 bits per heavy atom. The summed E-state index contributed by atoms with van der Waals surface area (Å²) in [5.74, 6) is 0.579. The Morgan fingerprint density at radius 3 is 2.77 bits per heavy atom. The Hall–Kier alpha value is -2.76. The van der Waals surface area contributed by atoms with Gasteiger partial charge in [0.25, 0.3) is 0 Å². The molecule has 0 radical (unpaired) electrons. The van der Waals surface area contributed by atoms with Crippen LogP contribution in [0.3, 0.4) is 0 Å². The van der Waals surface area contributed by atoms with Crippen molar-refractivity contribution >= 4 is 23.2 Å². The number of nitrogens with zero attached hydrogens (tertiary/aromatic N) is 2. The summed E-state index contributed by atoms with van der Waals surface area (Å²) >= 11 is 0. The van der Waals surface area contributed by atoms with E-state index < -0.39 is 0 Å². The minimum absolute atomic E-state index is 0.0112. The molecule has 0 bridgehead atoms. The molecular weight excluding hydrogens is 330 g/mol. The van der Waals surface area contributed by atoms with Crippen LogP contribution in [0.1, 0.15) is 31.4 Å². The smallest absolute Gasteiger partial charge is 0.227 e. The molecule has 0 spiro atoms. The number of benzene rings is 1. The summed E-state index contributed by atoms with van der Waals surface area (Å²) in [6.45, 7) is 2.12. The highest BCUT2D eigenvalue weighted by molar-refractivity contribution is 5.99. The predicted molar refractivity (Wildman–Crippen MR) is 99.0 cm³/mol. The Morgan fingerprint density at radius 2 is 1.96 bits per heavy atom. The van der Waals surface area contributed by atoms with Gasteiger partial charge in [-0.3, -0.25) is 9.59 Å². The van der Waals surface area contributed by atoms with Crippen molar-refractivity contribution in [1.82, 2.24) is 5.32 Å². The number of para-hydroxylation sites is 2. The molecular formula is C20H23N3O3. The van der Waals surface area contributed by atoms with Crippen LogP contribution < -0.4 is 15.1 Å². The van der Waals surface area contributed by atoms with Crippen LogP contribution in [-0.4, -0.2) is 30.9 Å². The number of anilines is 2. The lowest BCUT2D eigenvalue weighted by Crippen LogP contribution is -2.48. The van der Waals surface area contributed by atoms with Crippen molar-refractivity contribution in [2.75, 3.05) is 22.9 Å². The summed E-state index contributed by atoms with van der Waals surface area (Å²) in [4.78, 5) is 29.1. The molecule has 2 aliphatic rings. The summed E-state index contributed by atoms with van der Waals surface area (Å²) in [5.41, 5.74) is 2.10. The largest absolute Gasteiger partial charge is 0.467 e. The Kier molecular flexibility index (Phi) is 4.65. The average Bonchev–Trinajstić information content (AvgIpc) is 3.35. The summed E-state index contributed by atoms with van der Waals surface area (Å²) in [6, 6.07) is 12.0. The van der Waals surface area contributed by atoms with Gasteiger partial charge in [0.2, 0.25) is 11.8 Å². The second-order valence-corrected chi connectivity index (χ2v) is 6.84. The third-order valence-electron chi connectivity index (χ3n) is 5.16. The average molecular weight is 353 g/mol. The monoisotopic (exact) mass is 353 g/mol. The second kappa shape index (κ2) is 7.23. The first-order chi connectivity index (χ1) is 12.7. The Bertz CT molecular complexity index is 787. The SMILES string of the molecule is O=C(CCC(=O)N1CC2CCCN2c2ccccc21)NCc1ccco1. The molecule has 26 heavy (non-hydrogen) atoms. The first-order valence-corrected chi connectivity index (χ1v) is 9.17. The fourth-order valence-electron chi connectivity index (χ4n) is 3.87. The van der Waals surface area contributed by atoms with Crippen molar-refractivity contribution in [2.24, 2.45) is 0 Å². The highest BCUT2D eigenvalue weighted by Crippen LogP contribution is 2.39. The van der Waals surface area contributed by atoms with E-state index >= 15 is 0 Å². The number of furan rings is 1. The first-order valence-electron chi connectivity index (χ1n) is 9.17. The van der Waals surface area contributed by atoms with Crippen LogP contribution in [0.25, 0.3) is 0 Å². The third-order valence-corrected chi connectivity index (χ3v) is 5.16. The van der Waals surface area contributed by atoms with Crippen LogP contribution in [0.5, 0.6) is 0 Å². The van der Waals surface area contributed by atoms with Gasteiger partial charge in [-0.2, -0.15) is 0 Å². The van der Waals surface area contributed by atoms with Crippen molar-refractivity contribution in [3.63, 3.8) is 0 Å². The van der Waals surface area contributed by atoms with Gasteiger partial charge < -0.3 is 19.5 Å². The molecule has 3 heterocycles. The number of hydrogen-bond donors (Lipinski definition) is 1. The lowest BCUT2D eigenvalue weighted by molar-refractivity contribution is -0.125. The van der Waals surface area contributed by atoms with Crippen LogP contribution in [0.2, 0.25) is 0 Å². The van der Waals surface area contributed by atoms with Gasteiger partial charge in [-0.1, -0.05) is 12.1 Å². The summed E-state index contributed by atoms with van der Waals surface area (Å²) in [6.07, 6.45) is 4.25. The summed E-state index contributed by atoms with van der Waals surface area (Å²) < 4.78 is 5.19. The van der Waals surface area contributed by atoms with E-state index in [2.05, 4.69) is 16.3 Å². The quantitative estimate of drug-likeness (QED) is 0.898. The molecule has 4 rings (SSSR count). The van der Waals surface area contributed by atoms with Gasteiger partial charge in [0, 0.05) is 32.0 Å². The fraction of sp³-hybridized carbons (Fsp3) is 0.400. The molecule has 1 atom stereocenters. The third kappa shape index (κ3) is 3.31. The van der Waals surface area contributed by atoms with E-state index in [4.69, 9.17) is 4.42 Å². The van der Waals surface area contributed by atoms with E-state index in [-0.39, 0.29) is 24.7 Å². The van der Waals surface area contributed by atoms with Crippen LogP contribution in [-0.2, 0) is 16.1 Å². The molecule has 0 saturated carbocycles. The molecule has 1 aromatic heterocycles. The van der Waals surface area contributed by atoms with E-state index in [0.29, 0.717) is 24.9 Å². The van der Waals surface area contributed by atoms with Crippen LogP contribution in [0.15, 0.2) is 47.1 Å². The van der Waals surface area contributed by atoms with Crippen molar-refractivity contribution in [2.45, 2.75) is 38.3 Å². The van der Waals surface area contributed by atoms with E-state index in [0.717, 1.165) is 30.8 Å². The molecule has 2 aliphatic heterocycles. The van der Waals surface area contributed by atoms with Crippen LogP contribution in [0.4, 0.5) is 11.4 Å². The van der Waals surface area contributed by atoms with E-state index in [1.54, 1.807) is 12.3 Å². The maximum absolute atomic E-state index is 12.8. The summed E-state index contributed by atoms with van der Waals surface area (Å²) in [7, 11) is 0. The molecule has 2 amide bonds. The number of fused-ring (bicyclic) bond motifs is 3. The molecule has 6 nitrogen and oxygen atoms in total. The zero-order valence-electron chi connectivity index (χ0n) is 14.7. The predicted octanol–water partition coefficient (Wildman–Crippen LogP) is 2.69. The van der Waals surface area contributed by atoms with E-state index in [9.17, 15) is 9.59 Å².